The van der Waals surface area contributed by atoms with Gasteiger partial charge in [-0.25, -0.2) is 23.2 Å². The van der Waals surface area contributed by atoms with Crippen LogP contribution in [0.5, 0.6) is 0 Å². The summed E-state index contributed by atoms with van der Waals surface area (Å²) < 4.78 is 22.6. The number of carbonyl (C=O) groups is 1. The Morgan fingerprint density at radius 3 is 2.53 bits per heavy atom. The third kappa shape index (κ3) is 3.88. The van der Waals surface area contributed by atoms with Crippen LogP contribution in [0, 0.1) is 5.41 Å². The maximum atomic E-state index is 11.3. The van der Waals surface area contributed by atoms with Crippen LogP contribution in [0.4, 0.5) is 5.82 Å². The van der Waals surface area contributed by atoms with Gasteiger partial charge in [0.25, 0.3) is 0 Å². The summed E-state index contributed by atoms with van der Waals surface area (Å²) in [5.74, 6) is -0.521. The van der Waals surface area contributed by atoms with Crippen molar-refractivity contribution in [2.75, 3.05) is 23.9 Å². The zero-order valence-corrected chi connectivity index (χ0v) is 11.3. The minimum atomic E-state index is -3.00. The van der Waals surface area contributed by atoms with E-state index >= 15 is 0 Å². The highest BCUT2D eigenvalue weighted by Gasteiger charge is 2.45. The Bertz CT molecular complexity index is 578. The molecule has 0 aliphatic heterocycles. The molecule has 0 spiro atoms. The molecule has 19 heavy (non-hydrogen) atoms. The second-order valence-electron chi connectivity index (χ2n) is 5.02. The molecule has 0 atom stereocenters. The average Bonchev–Trinajstić information content (AvgIpc) is 3.05. The van der Waals surface area contributed by atoms with Crippen LogP contribution in [0.15, 0.2) is 12.4 Å². The molecule has 1 aliphatic carbocycles. The number of hydrogen-bond donors (Lipinski definition) is 2. The molecule has 1 aromatic heterocycles. The number of rotatable bonds is 6. The van der Waals surface area contributed by atoms with Crippen LogP contribution in [0.25, 0.3) is 0 Å². The Labute approximate surface area is 111 Å². The minimum Gasteiger partial charge on any atom is -0.476 e. The summed E-state index contributed by atoms with van der Waals surface area (Å²) in [6.07, 6.45) is 5.47. The molecule has 1 aromatic rings. The summed E-state index contributed by atoms with van der Waals surface area (Å²) in [6, 6.07) is 0. The highest BCUT2D eigenvalue weighted by molar-refractivity contribution is 7.90. The smallest absolute Gasteiger partial charge is 0.356 e. The van der Waals surface area contributed by atoms with E-state index in [9.17, 15) is 13.2 Å². The summed E-state index contributed by atoms with van der Waals surface area (Å²) in [6.45, 7) is 0.501. The first-order valence-corrected chi connectivity index (χ1v) is 7.83. The zero-order chi connectivity index (χ0) is 14.1. The molecule has 0 saturated heterocycles. The van der Waals surface area contributed by atoms with Gasteiger partial charge in [-0.1, -0.05) is 0 Å². The van der Waals surface area contributed by atoms with E-state index in [4.69, 9.17) is 5.11 Å². The molecule has 1 saturated carbocycles. The summed E-state index contributed by atoms with van der Waals surface area (Å²) in [7, 11) is -3.00. The van der Waals surface area contributed by atoms with Crippen LogP contribution >= 0.6 is 0 Å². The summed E-state index contributed by atoms with van der Waals surface area (Å²) in [5.41, 5.74) is -0.330. The van der Waals surface area contributed by atoms with Crippen LogP contribution in [0.3, 0.4) is 0 Å². The Morgan fingerprint density at radius 1 is 1.42 bits per heavy atom. The van der Waals surface area contributed by atoms with Crippen LogP contribution in [-0.2, 0) is 9.84 Å². The standard InChI is InChI=1S/C11H15N3O4S/c1-19(17,18)7-11(2-3-11)6-14-9-5-12-8(4-13-9)10(15)16/h4-5H,2-3,6-7H2,1H3,(H,13,14)(H,15,16). The molecule has 0 unspecified atom stereocenters. The second kappa shape index (κ2) is 4.76. The Balaban J connectivity index is 1.94. The van der Waals surface area contributed by atoms with Crippen molar-refractivity contribution in [3.8, 4) is 0 Å². The predicted molar refractivity (Wildman–Crippen MR) is 68.9 cm³/mol. The van der Waals surface area contributed by atoms with Gasteiger partial charge < -0.3 is 10.4 Å². The number of nitrogens with one attached hydrogen (secondary N) is 1. The molecule has 2 rings (SSSR count). The SMILES string of the molecule is CS(=O)(=O)CC1(CNc2cnc(C(=O)O)cn2)CC1. The molecule has 0 aromatic carbocycles. The molecule has 2 N–H and O–H groups in total. The number of sulfone groups is 1. The Hall–Kier alpha value is -1.70. The molecular weight excluding hydrogens is 270 g/mol. The van der Waals surface area contributed by atoms with Gasteiger partial charge in [-0.05, 0) is 12.8 Å². The molecule has 0 radical (unpaired) electrons. The van der Waals surface area contributed by atoms with Crippen LogP contribution in [-0.4, -0.2) is 48.0 Å². The van der Waals surface area contributed by atoms with Crippen LogP contribution < -0.4 is 5.32 Å². The zero-order valence-electron chi connectivity index (χ0n) is 10.5. The van der Waals surface area contributed by atoms with Crippen molar-refractivity contribution in [1.82, 2.24) is 9.97 Å². The number of anilines is 1. The lowest BCUT2D eigenvalue weighted by atomic mass is 10.1. The number of nitrogens with zero attached hydrogens (tertiary/aromatic N) is 2. The number of hydrogen-bond acceptors (Lipinski definition) is 6. The number of carboxylic acid groups (broad SMARTS) is 1. The fourth-order valence-corrected chi connectivity index (χ4v) is 3.42. The van der Waals surface area contributed by atoms with E-state index in [1.165, 1.54) is 18.6 Å². The fraction of sp³-hybridized carbons (Fsp3) is 0.545. The van der Waals surface area contributed by atoms with Gasteiger partial charge in [0.15, 0.2) is 5.69 Å². The van der Waals surface area contributed by atoms with Gasteiger partial charge >= 0.3 is 5.97 Å². The lowest BCUT2D eigenvalue weighted by Gasteiger charge is -2.14. The van der Waals surface area contributed by atoms with Crippen LogP contribution in [0.1, 0.15) is 23.3 Å². The van der Waals surface area contributed by atoms with E-state index in [-0.39, 0.29) is 16.9 Å². The van der Waals surface area contributed by atoms with Gasteiger partial charge in [-0.15, -0.1) is 0 Å². The number of carboxylic acids is 1. The van der Waals surface area contributed by atoms with Gasteiger partial charge in [-0.3, -0.25) is 0 Å². The van der Waals surface area contributed by atoms with Crippen molar-refractivity contribution in [1.29, 1.82) is 0 Å². The molecule has 0 amide bonds. The second-order valence-corrected chi connectivity index (χ2v) is 7.16. The van der Waals surface area contributed by atoms with Crippen LogP contribution in [0.2, 0.25) is 0 Å². The van der Waals surface area contributed by atoms with Gasteiger partial charge in [0.2, 0.25) is 0 Å². The summed E-state index contributed by atoms with van der Waals surface area (Å²) in [5, 5.41) is 11.7. The third-order valence-electron chi connectivity index (χ3n) is 3.04. The molecule has 1 aliphatic rings. The van der Waals surface area contributed by atoms with E-state index in [1.807, 2.05) is 0 Å². The molecule has 104 valence electrons. The fourth-order valence-electron chi connectivity index (χ4n) is 1.91. The predicted octanol–water partition coefficient (Wildman–Crippen LogP) is 0.411. The molecule has 8 heteroatoms. The Kier molecular flexibility index (Phi) is 3.44. The largest absolute Gasteiger partial charge is 0.476 e. The van der Waals surface area contributed by atoms with Crippen molar-refractivity contribution in [2.24, 2.45) is 5.41 Å². The maximum absolute atomic E-state index is 11.3. The van der Waals surface area contributed by atoms with E-state index in [2.05, 4.69) is 15.3 Å². The third-order valence-corrected chi connectivity index (χ3v) is 4.18. The monoisotopic (exact) mass is 285 g/mol. The maximum Gasteiger partial charge on any atom is 0.356 e. The molecule has 7 nitrogen and oxygen atoms in total. The number of aromatic nitrogens is 2. The van der Waals surface area contributed by atoms with Gasteiger partial charge in [0, 0.05) is 18.2 Å². The van der Waals surface area contributed by atoms with Crippen molar-refractivity contribution in [3.05, 3.63) is 18.1 Å². The van der Waals surface area contributed by atoms with Gasteiger partial charge in [0.1, 0.15) is 15.7 Å². The van der Waals surface area contributed by atoms with Gasteiger partial charge in [-0.2, -0.15) is 0 Å². The molecular formula is C11H15N3O4S. The topological polar surface area (TPSA) is 109 Å². The first-order chi connectivity index (χ1) is 8.80. The molecule has 1 heterocycles. The molecule has 1 fully saturated rings. The van der Waals surface area contributed by atoms with Crippen molar-refractivity contribution >= 4 is 21.6 Å². The minimum absolute atomic E-state index is 0.122. The lowest BCUT2D eigenvalue weighted by Crippen LogP contribution is -2.24. The van der Waals surface area contributed by atoms with Crippen molar-refractivity contribution in [2.45, 2.75) is 12.8 Å². The summed E-state index contributed by atoms with van der Waals surface area (Å²) in [4.78, 5) is 18.3. The van der Waals surface area contributed by atoms with E-state index in [0.717, 1.165) is 12.8 Å². The van der Waals surface area contributed by atoms with Crippen molar-refractivity contribution < 1.29 is 18.3 Å². The first kappa shape index (κ1) is 13.7. The quantitative estimate of drug-likeness (QED) is 0.779. The average molecular weight is 285 g/mol. The normalized spacial score (nSPS) is 16.9. The van der Waals surface area contributed by atoms with E-state index < -0.39 is 15.8 Å². The van der Waals surface area contributed by atoms with Gasteiger partial charge in [0.05, 0.1) is 18.1 Å². The summed E-state index contributed by atoms with van der Waals surface area (Å²) >= 11 is 0. The van der Waals surface area contributed by atoms with E-state index in [1.54, 1.807) is 0 Å². The number of aromatic carboxylic acids is 1. The Morgan fingerprint density at radius 2 is 2.11 bits per heavy atom. The van der Waals surface area contributed by atoms with Crippen molar-refractivity contribution in [3.63, 3.8) is 0 Å². The highest BCUT2D eigenvalue weighted by atomic mass is 32.2. The van der Waals surface area contributed by atoms with E-state index in [0.29, 0.717) is 12.4 Å². The first-order valence-electron chi connectivity index (χ1n) is 5.77. The highest BCUT2D eigenvalue weighted by Crippen LogP contribution is 2.46. The lowest BCUT2D eigenvalue weighted by molar-refractivity contribution is 0.0690. The molecule has 0 bridgehead atoms.